The number of benzene rings is 1. The molecular weight excluding hydrogens is 275 g/mol. The number of halogens is 3. The minimum absolute atomic E-state index is 0.301. The van der Waals surface area contributed by atoms with E-state index in [1.165, 1.54) is 22.5 Å². The van der Waals surface area contributed by atoms with Crippen LogP contribution in [0.15, 0.2) is 35.4 Å². The van der Waals surface area contributed by atoms with Gasteiger partial charge >= 0.3 is 6.18 Å². The fraction of sp³-hybridized carbons (Fsp3) is 0.250. The van der Waals surface area contributed by atoms with E-state index in [0.29, 0.717) is 11.5 Å². The maximum atomic E-state index is 12.6. The van der Waals surface area contributed by atoms with Gasteiger partial charge in [0.2, 0.25) is 0 Å². The van der Waals surface area contributed by atoms with Crippen LogP contribution in [0, 0.1) is 0 Å². The summed E-state index contributed by atoms with van der Waals surface area (Å²) >= 11 is 1.50. The first-order valence-electron chi connectivity index (χ1n) is 5.57. The summed E-state index contributed by atoms with van der Waals surface area (Å²) in [6, 6.07) is 4.93. The van der Waals surface area contributed by atoms with Gasteiger partial charge in [-0.1, -0.05) is 13.0 Å². The summed E-state index contributed by atoms with van der Waals surface area (Å²) in [7, 11) is 0. The van der Waals surface area contributed by atoms with Gasteiger partial charge in [0.25, 0.3) is 0 Å². The summed E-state index contributed by atoms with van der Waals surface area (Å²) in [5.74, 6) is 1.17. The standard InChI is InChI=1S/C12H12F3N3S/c1-2-19-10-7-17-18(11(10)16)9-5-3-4-8(6-9)12(13,14)15/h3-7H,2,16H2,1H3. The van der Waals surface area contributed by atoms with Gasteiger partial charge in [0.1, 0.15) is 5.82 Å². The minimum atomic E-state index is -4.38. The van der Waals surface area contributed by atoms with E-state index in [4.69, 9.17) is 5.73 Å². The van der Waals surface area contributed by atoms with E-state index in [0.717, 1.165) is 22.8 Å². The molecule has 0 bridgehead atoms. The number of alkyl halides is 3. The van der Waals surface area contributed by atoms with Crippen molar-refractivity contribution < 1.29 is 13.2 Å². The van der Waals surface area contributed by atoms with Crippen LogP contribution in [0.4, 0.5) is 19.0 Å². The van der Waals surface area contributed by atoms with Crippen molar-refractivity contribution in [3.05, 3.63) is 36.0 Å². The number of rotatable bonds is 3. The van der Waals surface area contributed by atoms with Crippen molar-refractivity contribution in [1.29, 1.82) is 0 Å². The molecule has 0 unspecified atom stereocenters. The van der Waals surface area contributed by atoms with Crippen LogP contribution in [0.3, 0.4) is 0 Å². The predicted octanol–water partition coefficient (Wildman–Crippen LogP) is 3.59. The van der Waals surface area contributed by atoms with Crippen LogP contribution in [-0.2, 0) is 6.18 Å². The van der Waals surface area contributed by atoms with Gasteiger partial charge in [0, 0.05) is 0 Å². The summed E-state index contributed by atoms with van der Waals surface area (Å²) in [5, 5.41) is 4.03. The number of aromatic nitrogens is 2. The molecule has 0 atom stereocenters. The molecular formula is C12H12F3N3S. The van der Waals surface area contributed by atoms with Crippen molar-refractivity contribution >= 4 is 17.6 Å². The van der Waals surface area contributed by atoms with Gasteiger partial charge in [-0.15, -0.1) is 11.8 Å². The lowest BCUT2D eigenvalue weighted by atomic mass is 10.2. The number of nitrogen functional groups attached to an aromatic ring is 1. The monoisotopic (exact) mass is 287 g/mol. The van der Waals surface area contributed by atoms with E-state index in [-0.39, 0.29) is 0 Å². The summed E-state index contributed by atoms with van der Waals surface area (Å²) in [6.07, 6.45) is -2.82. The van der Waals surface area contributed by atoms with Gasteiger partial charge in [0.15, 0.2) is 0 Å². The third kappa shape index (κ3) is 2.86. The lowest BCUT2D eigenvalue weighted by molar-refractivity contribution is -0.137. The van der Waals surface area contributed by atoms with Crippen LogP contribution in [0.1, 0.15) is 12.5 Å². The molecule has 0 saturated heterocycles. The highest BCUT2D eigenvalue weighted by Crippen LogP contribution is 2.32. The smallest absolute Gasteiger partial charge is 0.383 e. The van der Waals surface area contributed by atoms with Crippen molar-refractivity contribution in [2.45, 2.75) is 18.0 Å². The molecule has 19 heavy (non-hydrogen) atoms. The largest absolute Gasteiger partial charge is 0.416 e. The highest BCUT2D eigenvalue weighted by molar-refractivity contribution is 7.99. The zero-order valence-corrected chi connectivity index (χ0v) is 10.9. The van der Waals surface area contributed by atoms with E-state index in [9.17, 15) is 13.2 Å². The van der Waals surface area contributed by atoms with E-state index in [1.807, 2.05) is 6.92 Å². The molecule has 1 heterocycles. The summed E-state index contributed by atoms with van der Waals surface area (Å²) in [4.78, 5) is 0.764. The summed E-state index contributed by atoms with van der Waals surface area (Å²) < 4.78 is 39.2. The number of thioether (sulfide) groups is 1. The van der Waals surface area contributed by atoms with Gasteiger partial charge in [-0.2, -0.15) is 18.3 Å². The third-order valence-electron chi connectivity index (χ3n) is 2.49. The second kappa shape index (κ2) is 5.16. The Kier molecular flexibility index (Phi) is 3.75. The van der Waals surface area contributed by atoms with Gasteiger partial charge < -0.3 is 5.73 Å². The van der Waals surface area contributed by atoms with E-state index in [1.54, 1.807) is 12.3 Å². The third-order valence-corrected chi connectivity index (χ3v) is 3.40. The molecule has 0 aliphatic heterocycles. The Morgan fingerprint density at radius 3 is 2.74 bits per heavy atom. The van der Waals surface area contributed by atoms with Crippen molar-refractivity contribution in [2.24, 2.45) is 0 Å². The van der Waals surface area contributed by atoms with E-state index < -0.39 is 11.7 Å². The first-order valence-corrected chi connectivity index (χ1v) is 6.56. The van der Waals surface area contributed by atoms with Gasteiger partial charge in [-0.05, 0) is 24.0 Å². The fourth-order valence-electron chi connectivity index (χ4n) is 1.63. The normalized spacial score (nSPS) is 11.8. The van der Waals surface area contributed by atoms with Crippen molar-refractivity contribution in [3.63, 3.8) is 0 Å². The fourth-order valence-corrected chi connectivity index (χ4v) is 2.30. The highest BCUT2D eigenvalue weighted by atomic mass is 32.2. The predicted molar refractivity (Wildman–Crippen MR) is 69.4 cm³/mol. The molecule has 102 valence electrons. The van der Waals surface area contributed by atoms with Gasteiger partial charge in [-0.3, -0.25) is 0 Å². The molecule has 2 rings (SSSR count). The molecule has 1 aromatic carbocycles. The highest BCUT2D eigenvalue weighted by Gasteiger charge is 2.30. The minimum Gasteiger partial charge on any atom is -0.383 e. The number of nitrogens with two attached hydrogens (primary N) is 1. The Bertz CT molecular complexity index is 578. The molecule has 0 spiro atoms. The Balaban J connectivity index is 2.42. The zero-order chi connectivity index (χ0) is 14.0. The molecule has 2 aromatic rings. The van der Waals surface area contributed by atoms with Crippen LogP contribution < -0.4 is 5.73 Å². The van der Waals surface area contributed by atoms with Crippen molar-refractivity contribution in [1.82, 2.24) is 9.78 Å². The molecule has 0 fully saturated rings. The van der Waals surface area contributed by atoms with Crippen molar-refractivity contribution in [2.75, 3.05) is 11.5 Å². The number of nitrogens with zero attached hydrogens (tertiary/aromatic N) is 2. The van der Waals surface area contributed by atoms with Crippen LogP contribution in [0.25, 0.3) is 5.69 Å². The Morgan fingerprint density at radius 2 is 2.11 bits per heavy atom. The summed E-state index contributed by atoms with van der Waals surface area (Å²) in [5.41, 5.74) is 5.46. The first-order chi connectivity index (χ1) is 8.93. The van der Waals surface area contributed by atoms with Crippen LogP contribution in [0.2, 0.25) is 0 Å². The first kappa shape index (κ1) is 13.8. The molecule has 0 saturated carbocycles. The number of hydrogen-bond donors (Lipinski definition) is 1. The quantitative estimate of drug-likeness (QED) is 0.877. The van der Waals surface area contributed by atoms with Gasteiger partial charge in [-0.25, -0.2) is 4.68 Å². The molecule has 0 aliphatic carbocycles. The summed E-state index contributed by atoms with van der Waals surface area (Å²) in [6.45, 7) is 1.96. The van der Waals surface area contributed by atoms with E-state index in [2.05, 4.69) is 5.10 Å². The average molecular weight is 287 g/mol. The van der Waals surface area contributed by atoms with E-state index >= 15 is 0 Å². The van der Waals surface area contributed by atoms with Crippen LogP contribution in [-0.4, -0.2) is 15.5 Å². The van der Waals surface area contributed by atoms with Crippen LogP contribution in [0.5, 0.6) is 0 Å². The zero-order valence-electron chi connectivity index (χ0n) is 10.1. The SMILES string of the molecule is CCSc1cnn(-c2cccc(C(F)(F)F)c2)c1N. The van der Waals surface area contributed by atoms with Crippen molar-refractivity contribution in [3.8, 4) is 5.69 Å². The molecule has 2 N–H and O–H groups in total. The second-order valence-corrected chi connectivity index (χ2v) is 5.09. The molecule has 1 aromatic heterocycles. The number of hydrogen-bond acceptors (Lipinski definition) is 3. The van der Waals surface area contributed by atoms with Crippen LogP contribution >= 0.6 is 11.8 Å². The molecule has 7 heteroatoms. The lowest BCUT2D eigenvalue weighted by Gasteiger charge is -2.09. The average Bonchev–Trinajstić information content (AvgIpc) is 2.71. The molecule has 0 aliphatic rings. The molecule has 3 nitrogen and oxygen atoms in total. The molecule has 0 amide bonds. The topological polar surface area (TPSA) is 43.8 Å². The Morgan fingerprint density at radius 1 is 1.37 bits per heavy atom. The van der Waals surface area contributed by atoms with Gasteiger partial charge in [0.05, 0.1) is 22.3 Å². The Hall–Kier alpha value is -1.63. The Labute approximate surface area is 112 Å². The maximum absolute atomic E-state index is 12.6. The molecule has 0 radical (unpaired) electrons. The second-order valence-electron chi connectivity index (χ2n) is 3.79. The number of anilines is 1. The maximum Gasteiger partial charge on any atom is 0.416 e. The lowest BCUT2D eigenvalue weighted by Crippen LogP contribution is -2.07.